The first kappa shape index (κ1) is 22.0. The number of aliphatic hydroxyl groups excluding tert-OH is 1. The first-order valence-corrected chi connectivity index (χ1v) is 11.6. The van der Waals surface area contributed by atoms with Gasteiger partial charge in [-0.05, 0) is 30.5 Å². The summed E-state index contributed by atoms with van der Waals surface area (Å²) in [5.41, 5.74) is 1.46. The zero-order chi connectivity index (χ0) is 21.8. The first-order chi connectivity index (χ1) is 15.1. The van der Waals surface area contributed by atoms with E-state index in [2.05, 4.69) is 4.90 Å². The number of carbonyl (C=O) groups excluding carboxylic acids is 2. The molecule has 1 aromatic rings. The van der Waals surface area contributed by atoms with Crippen molar-refractivity contribution < 1.29 is 19.1 Å². The molecule has 1 N–H and O–H groups in total. The van der Waals surface area contributed by atoms with E-state index < -0.39 is 0 Å². The third-order valence-electron chi connectivity index (χ3n) is 6.77. The number of aliphatic hydroxyl groups is 1. The predicted octanol–water partition coefficient (Wildman–Crippen LogP) is 2.63. The summed E-state index contributed by atoms with van der Waals surface area (Å²) in [5, 5.41) is 9.21. The Labute approximate surface area is 183 Å². The van der Waals surface area contributed by atoms with Crippen molar-refractivity contribution >= 4 is 17.4 Å². The van der Waals surface area contributed by atoms with Gasteiger partial charge < -0.3 is 10.0 Å². The molecule has 0 unspecified atom stereocenters. The van der Waals surface area contributed by atoms with Gasteiger partial charge in [-0.25, -0.2) is 4.39 Å². The van der Waals surface area contributed by atoms with E-state index in [9.17, 15) is 19.1 Å². The summed E-state index contributed by atoms with van der Waals surface area (Å²) in [6.07, 6.45) is 7.27. The van der Waals surface area contributed by atoms with Crippen LogP contribution in [-0.2, 0) is 9.59 Å². The summed E-state index contributed by atoms with van der Waals surface area (Å²) in [6, 6.07) is 5.81. The van der Waals surface area contributed by atoms with Crippen molar-refractivity contribution in [3.63, 3.8) is 0 Å². The van der Waals surface area contributed by atoms with E-state index in [4.69, 9.17) is 0 Å². The lowest BCUT2D eigenvalue weighted by Gasteiger charge is -2.36. The van der Waals surface area contributed by atoms with E-state index in [0.29, 0.717) is 36.5 Å². The molecule has 0 spiro atoms. The molecule has 2 heterocycles. The van der Waals surface area contributed by atoms with Crippen molar-refractivity contribution in [3.8, 4) is 0 Å². The minimum absolute atomic E-state index is 0.0658. The average Bonchev–Trinajstić information content (AvgIpc) is 3.00. The number of imide groups is 1. The highest BCUT2D eigenvalue weighted by atomic mass is 19.1. The molecule has 168 valence electrons. The van der Waals surface area contributed by atoms with Gasteiger partial charge in [0.2, 0.25) is 0 Å². The van der Waals surface area contributed by atoms with Gasteiger partial charge in [0, 0.05) is 38.8 Å². The zero-order valence-corrected chi connectivity index (χ0v) is 18.1. The molecule has 0 atom stereocenters. The van der Waals surface area contributed by atoms with Crippen molar-refractivity contribution in [1.82, 2.24) is 14.7 Å². The summed E-state index contributed by atoms with van der Waals surface area (Å²) in [7, 11) is 0. The van der Waals surface area contributed by atoms with E-state index in [1.807, 2.05) is 4.90 Å². The van der Waals surface area contributed by atoms with Gasteiger partial charge in [0.05, 0.1) is 12.2 Å². The highest BCUT2D eigenvalue weighted by Crippen LogP contribution is 2.36. The highest BCUT2D eigenvalue weighted by molar-refractivity contribution is 6.35. The molecule has 1 aromatic carbocycles. The van der Waals surface area contributed by atoms with Crippen LogP contribution in [0.15, 0.2) is 30.0 Å². The topological polar surface area (TPSA) is 64.1 Å². The lowest BCUT2D eigenvalue weighted by atomic mass is 9.95. The minimum Gasteiger partial charge on any atom is -0.395 e. The predicted molar refractivity (Wildman–Crippen MR) is 116 cm³/mol. The average molecular weight is 430 g/mol. The van der Waals surface area contributed by atoms with Crippen LogP contribution in [0.25, 0.3) is 5.57 Å². The van der Waals surface area contributed by atoms with Crippen molar-refractivity contribution in [3.05, 3.63) is 41.3 Å². The van der Waals surface area contributed by atoms with Crippen molar-refractivity contribution in [2.45, 2.75) is 51.0 Å². The standard InChI is InChI=1S/C24H32FN3O3/c25-19-10-8-18(9-11-19)21-22(27-14-12-26(13-15-27)16-17-29)24(31)28(23(21)30)20-6-4-2-1-3-5-7-20/h8-11,20,29H,1-7,12-17H2. The molecule has 4 rings (SSSR count). The second-order valence-electron chi connectivity index (χ2n) is 8.76. The largest absolute Gasteiger partial charge is 0.395 e. The summed E-state index contributed by atoms with van der Waals surface area (Å²) >= 11 is 0. The molecule has 2 aliphatic heterocycles. The van der Waals surface area contributed by atoms with Gasteiger partial charge in [0.15, 0.2) is 0 Å². The fraction of sp³-hybridized carbons (Fsp3) is 0.583. The van der Waals surface area contributed by atoms with Crippen LogP contribution in [-0.4, -0.2) is 77.0 Å². The third kappa shape index (κ3) is 4.67. The van der Waals surface area contributed by atoms with Crippen molar-refractivity contribution in [2.75, 3.05) is 39.3 Å². The molecular formula is C24H32FN3O3. The van der Waals surface area contributed by atoms with Crippen LogP contribution >= 0.6 is 0 Å². The Morgan fingerprint density at radius 1 is 0.871 bits per heavy atom. The maximum absolute atomic E-state index is 13.6. The summed E-state index contributed by atoms with van der Waals surface area (Å²) in [5.74, 6) is -0.808. The quantitative estimate of drug-likeness (QED) is 0.729. The number of piperazine rings is 1. The second-order valence-corrected chi connectivity index (χ2v) is 8.76. The number of nitrogens with zero attached hydrogens (tertiary/aromatic N) is 3. The Bertz CT molecular complexity index is 823. The van der Waals surface area contributed by atoms with Crippen LogP contribution in [0.3, 0.4) is 0 Å². The summed E-state index contributed by atoms with van der Waals surface area (Å²) in [6.45, 7) is 3.42. The highest BCUT2D eigenvalue weighted by Gasteiger charge is 2.45. The summed E-state index contributed by atoms with van der Waals surface area (Å²) < 4.78 is 13.6. The van der Waals surface area contributed by atoms with Crippen LogP contribution in [0.4, 0.5) is 4.39 Å². The fourth-order valence-corrected chi connectivity index (χ4v) is 5.07. The van der Waals surface area contributed by atoms with Crippen LogP contribution in [0.2, 0.25) is 0 Å². The number of hydrogen-bond donors (Lipinski definition) is 1. The monoisotopic (exact) mass is 429 g/mol. The SMILES string of the molecule is O=C1C(c2ccc(F)cc2)=C(N2CCN(CCO)CC2)C(=O)N1C1CCCCCCC1. The number of carbonyl (C=O) groups is 2. The Hall–Kier alpha value is -2.25. The van der Waals surface area contributed by atoms with Gasteiger partial charge in [-0.3, -0.25) is 19.4 Å². The lowest BCUT2D eigenvalue weighted by molar-refractivity contribution is -0.140. The van der Waals surface area contributed by atoms with Crippen LogP contribution in [0, 0.1) is 5.82 Å². The Morgan fingerprint density at radius 3 is 2.10 bits per heavy atom. The van der Waals surface area contributed by atoms with Gasteiger partial charge in [-0.1, -0.05) is 44.2 Å². The molecule has 0 bridgehead atoms. The van der Waals surface area contributed by atoms with Gasteiger partial charge >= 0.3 is 0 Å². The van der Waals surface area contributed by atoms with E-state index in [1.165, 1.54) is 23.5 Å². The van der Waals surface area contributed by atoms with E-state index in [0.717, 1.165) is 51.6 Å². The number of amides is 2. The molecule has 0 radical (unpaired) electrons. The smallest absolute Gasteiger partial charge is 0.278 e. The number of halogens is 1. The van der Waals surface area contributed by atoms with Gasteiger partial charge in [-0.15, -0.1) is 0 Å². The number of benzene rings is 1. The Balaban J connectivity index is 1.65. The van der Waals surface area contributed by atoms with Gasteiger partial charge in [0.25, 0.3) is 11.8 Å². The van der Waals surface area contributed by atoms with Crippen molar-refractivity contribution in [2.24, 2.45) is 0 Å². The van der Waals surface area contributed by atoms with Gasteiger partial charge in [0.1, 0.15) is 11.5 Å². The molecule has 1 aliphatic carbocycles. The summed E-state index contributed by atoms with van der Waals surface area (Å²) in [4.78, 5) is 32.9. The molecule has 2 fully saturated rings. The van der Waals surface area contributed by atoms with E-state index >= 15 is 0 Å². The first-order valence-electron chi connectivity index (χ1n) is 11.6. The van der Waals surface area contributed by atoms with E-state index in [1.54, 1.807) is 12.1 Å². The lowest BCUT2D eigenvalue weighted by Crippen LogP contribution is -2.49. The third-order valence-corrected chi connectivity index (χ3v) is 6.77. The second kappa shape index (κ2) is 9.92. The van der Waals surface area contributed by atoms with Crippen LogP contribution in [0.5, 0.6) is 0 Å². The Kier molecular flexibility index (Phi) is 7.02. The molecule has 3 aliphatic rings. The maximum atomic E-state index is 13.6. The minimum atomic E-state index is -0.364. The Morgan fingerprint density at radius 2 is 1.48 bits per heavy atom. The molecule has 2 amide bonds. The van der Waals surface area contributed by atoms with Gasteiger partial charge in [-0.2, -0.15) is 0 Å². The normalized spacial score (nSPS) is 22.3. The fourth-order valence-electron chi connectivity index (χ4n) is 5.07. The molecule has 31 heavy (non-hydrogen) atoms. The molecule has 1 saturated heterocycles. The number of rotatable bonds is 5. The van der Waals surface area contributed by atoms with Crippen LogP contribution in [0.1, 0.15) is 50.5 Å². The number of β-amino-alcohol motifs (C(OH)–C–C–N with tert-alkyl or cyclic N) is 1. The molecule has 6 nitrogen and oxygen atoms in total. The molecule has 0 aromatic heterocycles. The molecular weight excluding hydrogens is 397 g/mol. The maximum Gasteiger partial charge on any atom is 0.278 e. The number of hydrogen-bond acceptors (Lipinski definition) is 5. The van der Waals surface area contributed by atoms with E-state index in [-0.39, 0.29) is 30.3 Å². The van der Waals surface area contributed by atoms with Crippen LogP contribution < -0.4 is 0 Å². The molecule has 1 saturated carbocycles. The van der Waals surface area contributed by atoms with Crippen molar-refractivity contribution in [1.29, 1.82) is 0 Å². The molecule has 7 heteroatoms. The zero-order valence-electron chi connectivity index (χ0n) is 18.1.